The van der Waals surface area contributed by atoms with Crippen molar-refractivity contribution in [3.63, 3.8) is 0 Å². The second-order valence-corrected chi connectivity index (χ2v) is 6.98. The minimum atomic E-state index is -0.256. The quantitative estimate of drug-likeness (QED) is 0.938. The first kappa shape index (κ1) is 15.2. The minimum Gasteiger partial charge on any atom is -0.301 e. The van der Waals surface area contributed by atoms with Crippen molar-refractivity contribution in [2.75, 3.05) is 12.3 Å². The van der Waals surface area contributed by atoms with E-state index in [0.29, 0.717) is 22.2 Å². The Morgan fingerprint density at radius 1 is 1.36 bits per heavy atom. The van der Waals surface area contributed by atoms with Crippen molar-refractivity contribution in [1.82, 2.24) is 10.3 Å². The monoisotopic (exact) mass is 335 g/mol. The van der Waals surface area contributed by atoms with Crippen molar-refractivity contribution in [1.29, 1.82) is 0 Å². The number of carbonyl (C=O) groups is 1. The third-order valence-corrected chi connectivity index (χ3v) is 5.17. The SMILES string of the molecule is Cc1nc(Cc2ccc(F)cc2)sc1C(=O)NC1=NCCS1. The fraction of sp³-hybridized carbons (Fsp3) is 0.267. The lowest BCUT2D eigenvalue weighted by molar-refractivity contribution is 0.0981. The van der Waals surface area contributed by atoms with Crippen LogP contribution in [0.5, 0.6) is 0 Å². The summed E-state index contributed by atoms with van der Waals surface area (Å²) in [5.74, 6) is 0.495. The van der Waals surface area contributed by atoms with Gasteiger partial charge in [0.25, 0.3) is 5.91 Å². The van der Waals surface area contributed by atoms with Crippen LogP contribution in [0, 0.1) is 12.7 Å². The fourth-order valence-corrected chi connectivity index (χ4v) is 3.80. The number of thioether (sulfide) groups is 1. The Labute approximate surface area is 135 Å². The smallest absolute Gasteiger partial charge is 0.269 e. The van der Waals surface area contributed by atoms with E-state index >= 15 is 0 Å². The number of nitrogens with zero attached hydrogens (tertiary/aromatic N) is 2. The number of halogens is 1. The minimum absolute atomic E-state index is 0.159. The van der Waals surface area contributed by atoms with Crippen molar-refractivity contribution in [3.05, 3.63) is 51.2 Å². The Hall–Kier alpha value is -1.73. The normalized spacial score (nSPS) is 14.0. The van der Waals surface area contributed by atoms with Crippen LogP contribution in [0.4, 0.5) is 4.39 Å². The van der Waals surface area contributed by atoms with E-state index < -0.39 is 0 Å². The van der Waals surface area contributed by atoms with Gasteiger partial charge in [-0.05, 0) is 24.6 Å². The molecule has 0 saturated heterocycles. The van der Waals surface area contributed by atoms with Crippen LogP contribution >= 0.6 is 23.1 Å². The highest BCUT2D eigenvalue weighted by Gasteiger charge is 2.18. The second-order valence-electron chi connectivity index (χ2n) is 4.81. The molecule has 0 atom stereocenters. The number of hydrogen-bond acceptors (Lipinski definition) is 5. The van der Waals surface area contributed by atoms with E-state index in [0.717, 1.165) is 22.9 Å². The molecule has 3 rings (SSSR count). The summed E-state index contributed by atoms with van der Waals surface area (Å²) in [6, 6.07) is 6.32. The Morgan fingerprint density at radius 3 is 2.82 bits per heavy atom. The molecule has 4 nitrogen and oxygen atoms in total. The van der Waals surface area contributed by atoms with Crippen molar-refractivity contribution < 1.29 is 9.18 Å². The topological polar surface area (TPSA) is 54.4 Å². The van der Waals surface area contributed by atoms with E-state index in [1.807, 2.05) is 6.92 Å². The average Bonchev–Trinajstić information content (AvgIpc) is 3.11. The largest absolute Gasteiger partial charge is 0.301 e. The molecule has 0 saturated carbocycles. The number of hydrogen-bond donors (Lipinski definition) is 1. The molecule has 0 bridgehead atoms. The summed E-state index contributed by atoms with van der Waals surface area (Å²) in [6.07, 6.45) is 0.592. The predicted octanol–water partition coefficient (Wildman–Crippen LogP) is 3.01. The number of aliphatic imine (C=N–C) groups is 1. The summed E-state index contributed by atoms with van der Waals surface area (Å²) >= 11 is 2.92. The molecule has 7 heteroatoms. The number of nitrogens with one attached hydrogen (secondary N) is 1. The highest BCUT2D eigenvalue weighted by molar-refractivity contribution is 8.14. The molecular formula is C15H14FN3OS2. The summed E-state index contributed by atoms with van der Waals surface area (Å²) in [5.41, 5.74) is 1.68. The number of aromatic nitrogens is 1. The Bertz CT molecular complexity index is 725. The zero-order valence-corrected chi connectivity index (χ0v) is 13.6. The van der Waals surface area contributed by atoms with Gasteiger partial charge in [0.1, 0.15) is 10.7 Å². The van der Waals surface area contributed by atoms with Crippen LogP contribution in [0.25, 0.3) is 0 Å². The summed E-state index contributed by atoms with van der Waals surface area (Å²) in [6.45, 7) is 2.57. The van der Waals surface area contributed by atoms with E-state index in [9.17, 15) is 9.18 Å². The van der Waals surface area contributed by atoms with E-state index in [-0.39, 0.29) is 11.7 Å². The van der Waals surface area contributed by atoms with Crippen LogP contribution in [0.2, 0.25) is 0 Å². The van der Waals surface area contributed by atoms with Gasteiger partial charge in [0.15, 0.2) is 5.17 Å². The van der Waals surface area contributed by atoms with Crippen molar-refractivity contribution in [3.8, 4) is 0 Å². The number of aryl methyl sites for hydroxylation is 1. The van der Waals surface area contributed by atoms with Gasteiger partial charge < -0.3 is 5.32 Å². The second kappa shape index (κ2) is 6.58. The zero-order valence-electron chi connectivity index (χ0n) is 11.9. The van der Waals surface area contributed by atoms with Gasteiger partial charge in [0, 0.05) is 12.2 Å². The van der Waals surface area contributed by atoms with Crippen LogP contribution in [0.1, 0.15) is 25.9 Å². The lowest BCUT2D eigenvalue weighted by Crippen LogP contribution is -2.27. The van der Waals surface area contributed by atoms with Gasteiger partial charge in [-0.15, -0.1) is 11.3 Å². The van der Waals surface area contributed by atoms with Crippen LogP contribution in [0.15, 0.2) is 29.3 Å². The molecule has 1 aromatic heterocycles. The van der Waals surface area contributed by atoms with Gasteiger partial charge in [0.05, 0.1) is 17.2 Å². The molecule has 1 aliphatic rings. The average molecular weight is 335 g/mol. The molecule has 1 aromatic carbocycles. The number of amidine groups is 1. The van der Waals surface area contributed by atoms with Gasteiger partial charge >= 0.3 is 0 Å². The van der Waals surface area contributed by atoms with Gasteiger partial charge in [-0.2, -0.15) is 0 Å². The maximum Gasteiger partial charge on any atom is 0.269 e. The fourth-order valence-electron chi connectivity index (χ4n) is 2.08. The third kappa shape index (κ3) is 3.53. The first-order chi connectivity index (χ1) is 10.6. The van der Waals surface area contributed by atoms with Crippen LogP contribution in [-0.4, -0.2) is 28.4 Å². The summed E-state index contributed by atoms with van der Waals surface area (Å²) in [5, 5.41) is 4.34. The number of carbonyl (C=O) groups excluding carboxylic acids is 1. The molecule has 0 spiro atoms. The summed E-state index contributed by atoms with van der Waals surface area (Å²) < 4.78 is 12.9. The zero-order chi connectivity index (χ0) is 15.5. The van der Waals surface area contributed by atoms with Crippen LogP contribution < -0.4 is 5.32 Å². The van der Waals surface area contributed by atoms with Crippen LogP contribution in [0.3, 0.4) is 0 Å². The first-order valence-electron chi connectivity index (χ1n) is 6.81. The Kier molecular flexibility index (Phi) is 4.54. The summed E-state index contributed by atoms with van der Waals surface area (Å²) in [7, 11) is 0. The van der Waals surface area contributed by atoms with Crippen molar-refractivity contribution >= 4 is 34.2 Å². The third-order valence-electron chi connectivity index (χ3n) is 3.12. The Morgan fingerprint density at radius 2 is 2.14 bits per heavy atom. The molecule has 1 N–H and O–H groups in total. The molecule has 1 aliphatic heterocycles. The van der Waals surface area contributed by atoms with Gasteiger partial charge in [-0.3, -0.25) is 9.79 Å². The molecule has 0 unspecified atom stereocenters. The van der Waals surface area contributed by atoms with Gasteiger partial charge in [-0.1, -0.05) is 23.9 Å². The molecular weight excluding hydrogens is 321 g/mol. The molecule has 2 aromatic rings. The van der Waals surface area contributed by atoms with Gasteiger partial charge in [0.2, 0.25) is 0 Å². The molecule has 0 radical (unpaired) electrons. The maximum atomic E-state index is 12.9. The highest BCUT2D eigenvalue weighted by Crippen LogP contribution is 2.21. The van der Waals surface area contributed by atoms with E-state index in [4.69, 9.17) is 0 Å². The number of amides is 1. The lowest BCUT2D eigenvalue weighted by atomic mass is 10.1. The number of rotatable bonds is 3. The lowest BCUT2D eigenvalue weighted by Gasteiger charge is -2.01. The predicted molar refractivity (Wildman–Crippen MR) is 88.3 cm³/mol. The molecule has 114 valence electrons. The van der Waals surface area contributed by atoms with Crippen LogP contribution in [-0.2, 0) is 6.42 Å². The van der Waals surface area contributed by atoms with E-state index in [2.05, 4.69) is 15.3 Å². The molecule has 2 heterocycles. The standard InChI is InChI=1S/C15H14FN3OS2/c1-9-13(14(20)19-15-17-6-7-21-15)22-12(18-9)8-10-2-4-11(16)5-3-10/h2-5H,6-8H2,1H3,(H,17,19,20). The Balaban J connectivity index is 1.72. The van der Waals surface area contributed by atoms with E-state index in [1.54, 1.807) is 23.9 Å². The molecule has 22 heavy (non-hydrogen) atoms. The molecule has 0 fully saturated rings. The first-order valence-corrected chi connectivity index (χ1v) is 8.61. The molecule has 1 amide bonds. The van der Waals surface area contributed by atoms with E-state index in [1.165, 1.54) is 23.5 Å². The molecule has 0 aliphatic carbocycles. The number of benzene rings is 1. The van der Waals surface area contributed by atoms with Crippen molar-refractivity contribution in [2.24, 2.45) is 4.99 Å². The van der Waals surface area contributed by atoms with Gasteiger partial charge in [-0.25, -0.2) is 9.37 Å². The number of thiazole rings is 1. The summed E-state index contributed by atoms with van der Waals surface area (Å²) in [4.78, 5) is 21.5. The van der Waals surface area contributed by atoms with Crippen molar-refractivity contribution in [2.45, 2.75) is 13.3 Å². The highest BCUT2D eigenvalue weighted by atomic mass is 32.2. The maximum absolute atomic E-state index is 12.9.